The summed E-state index contributed by atoms with van der Waals surface area (Å²) in [6, 6.07) is 37.2. The zero-order chi connectivity index (χ0) is 23.5. The van der Waals surface area contributed by atoms with Crippen molar-refractivity contribution in [1.29, 1.82) is 5.26 Å². The fourth-order valence-electron chi connectivity index (χ4n) is 5.46. The van der Waals surface area contributed by atoms with E-state index >= 15 is 0 Å². The van der Waals surface area contributed by atoms with Gasteiger partial charge < -0.3 is 4.98 Å². The van der Waals surface area contributed by atoms with E-state index in [-0.39, 0.29) is 11.1 Å². The first kappa shape index (κ1) is 19.5. The second kappa shape index (κ2) is 7.28. The van der Waals surface area contributed by atoms with Gasteiger partial charge in [-0.2, -0.15) is 5.26 Å². The number of pyridine rings is 1. The molecule has 0 spiro atoms. The van der Waals surface area contributed by atoms with Crippen LogP contribution in [0.4, 0.5) is 0 Å². The lowest BCUT2D eigenvalue weighted by molar-refractivity contribution is 1.22. The van der Waals surface area contributed by atoms with Crippen molar-refractivity contribution in [3.05, 3.63) is 119 Å². The van der Waals surface area contributed by atoms with Crippen molar-refractivity contribution in [3.63, 3.8) is 0 Å². The maximum Gasteiger partial charge on any atom is 0.266 e. The molecular weight excluding hydrogens is 428 g/mol. The molecule has 0 saturated carbocycles. The van der Waals surface area contributed by atoms with Gasteiger partial charge in [0.2, 0.25) is 0 Å². The van der Waals surface area contributed by atoms with Gasteiger partial charge in [-0.3, -0.25) is 4.79 Å². The predicted octanol–water partition coefficient (Wildman–Crippen LogP) is 7.63. The normalized spacial score (nSPS) is 11.5. The van der Waals surface area contributed by atoms with E-state index in [9.17, 15) is 10.1 Å². The maximum absolute atomic E-state index is 13.2. The van der Waals surface area contributed by atoms with Crippen LogP contribution in [0, 0.1) is 11.3 Å². The van der Waals surface area contributed by atoms with Crippen LogP contribution in [0.15, 0.2) is 108 Å². The first-order valence-corrected chi connectivity index (χ1v) is 11.6. The minimum absolute atomic E-state index is 0.128. The zero-order valence-electron chi connectivity index (χ0n) is 18.7. The van der Waals surface area contributed by atoms with Gasteiger partial charge in [0.1, 0.15) is 11.6 Å². The Kier molecular flexibility index (Phi) is 4.06. The Morgan fingerprint density at radius 1 is 0.571 bits per heavy atom. The van der Waals surface area contributed by atoms with Gasteiger partial charge in [0.05, 0.1) is 0 Å². The van der Waals surface area contributed by atoms with E-state index in [2.05, 4.69) is 65.7 Å². The first-order valence-electron chi connectivity index (χ1n) is 11.6. The summed E-state index contributed by atoms with van der Waals surface area (Å²) in [6.45, 7) is 0. The van der Waals surface area contributed by atoms with E-state index in [4.69, 9.17) is 0 Å². The summed E-state index contributed by atoms with van der Waals surface area (Å²) >= 11 is 0. The van der Waals surface area contributed by atoms with Crippen LogP contribution >= 0.6 is 0 Å². The summed E-state index contributed by atoms with van der Waals surface area (Å²) in [5, 5.41) is 19.0. The Bertz CT molecular complexity index is 2020. The molecule has 6 aromatic carbocycles. The van der Waals surface area contributed by atoms with Crippen molar-refractivity contribution in [2.75, 3.05) is 0 Å². The number of nitrogens with zero attached hydrogens (tertiary/aromatic N) is 1. The van der Waals surface area contributed by atoms with Crippen LogP contribution in [0.3, 0.4) is 0 Å². The minimum atomic E-state index is -0.376. The molecule has 1 heterocycles. The van der Waals surface area contributed by atoms with Gasteiger partial charge in [-0.25, -0.2) is 0 Å². The van der Waals surface area contributed by atoms with Crippen molar-refractivity contribution < 1.29 is 0 Å². The lowest BCUT2D eigenvalue weighted by atomic mass is 9.90. The average Bonchev–Trinajstić information content (AvgIpc) is 2.91. The molecule has 35 heavy (non-hydrogen) atoms. The molecule has 1 N–H and O–H groups in total. The predicted molar refractivity (Wildman–Crippen MR) is 144 cm³/mol. The molecule has 1 aromatic heterocycles. The van der Waals surface area contributed by atoms with Crippen LogP contribution in [-0.2, 0) is 0 Å². The van der Waals surface area contributed by atoms with E-state index in [1.165, 1.54) is 26.9 Å². The van der Waals surface area contributed by atoms with Crippen LogP contribution in [0.25, 0.3) is 65.5 Å². The number of H-pyrrole nitrogens is 1. The van der Waals surface area contributed by atoms with E-state index in [0.717, 1.165) is 27.3 Å². The molecule has 162 valence electrons. The highest BCUT2D eigenvalue weighted by molar-refractivity contribution is 6.25. The highest BCUT2D eigenvalue weighted by Crippen LogP contribution is 2.39. The van der Waals surface area contributed by atoms with E-state index in [1.807, 2.05) is 48.5 Å². The molecule has 0 aliphatic carbocycles. The summed E-state index contributed by atoms with van der Waals surface area (Å²) in [7, 11) is 0. The van der Waals surface area contributed by atoms with Crippen LogP contribution < -0.4 is 5.56 Å². The second-order valence-corrected chi connectivity index (χ2v) is 8.91. The number of aromatic amines is 1. The Morgan fingerprint density at radius 2 is 1.23 bits per heavy atom. The molecule has 0 atom stereocenters. The van der Waals surface area contributed by atoms with Gasteiger partial charge in [0.15, 0.2) is 0 Å². The molecule has 3 heteroatoms. The number of benzene rings is 6. The second-order valence-electron chi connectivity index (χ2n) is 8.91. The van der Waals surface area contributed by atoms with E-state index < -0.39 is 0 Å². The van der Waals surface area contributed by atoms with Crippen LogP contribution in [0.5, 0.6) is 0 Å². The van der Waals surface area contributed by atoms with Crippen LogP contribution in [0.1, 0.15) is 5.56 Å². The first-order chi connectivity index (χ1) is 17.2. The highest BCUT2D eigenvalue weighted by Gasteiger charge is 2.17. The molecule has 0 bridgehead atoms. The van der Waals surface area contributed by atoms with Gasteiger partial charge in [0, 0.05) is 16.8 Å². The zero-order valence-corrected chi connectivity index (χ0v) is 18.7. The van der Waals surface area contributed by atoms with E-state index in [1.54, 1.807) is 0 Å². The standard InChI is InChI=1S/C32H18N2O/c33-18-28-27(24-10-4-6-19-5-1-2-9-23(19)24)17-29(34-32(28)35)25-15-13-22-12-11-20-7-3-8-21-14-16-26(25)31(22)30(20)21/h1-17H,(H,34,35). The monoisotopic (exact) mass is 446 g/mol. The van der Waals surface area contributed by atoms with Gasteiger partial charge in [-0.05, 0) is 54.7 Å². The summed E-state index contributed by atoms with van der Waals surface area (Å²) in [4.78, 5) is 16.2. The van der Waals surface area contributed by atoms with Gasteiger partial charge >= 0.3 is 0 Å². The quantitative estimate of drug-likeness (QED) is 0.278. The molecule has 0 saturated heterocycles. The third-order valence-electron chi connectivity index (χ3n) is 7.04. The number of rotatable bonds is 2. The van der Waals surface area contributed by atoms with Crippen molar-refractivity contribution in [3.8, 4) is 28.5 Å². The number of nitrogens with one attached hydrogen (secondary N) is 1. The third kappa shape index (κ3) is 2.81. The fourth-order valence-corrected chi connectivity index (χ4v) is 5.46. The fraction of sp³-hybridized carbons (Fsp3) is 0. The number of hydrogen-bond acceptors (Lipinski definition) is 2. The SMILES string of the molecule is N#Cc1c(-c2cccc3ccccc23)cc(-c2ccc3ccc4cccc5ccc2c3c45)[nH]c1=O. The molecule has 3 nitrogen and oxygen atoms in total. The topological polar surface area (TPSA) is 56.6 Å². The van der Waals surface area contributed by atoms with Gasteiger partial charge in [-0.1, -0.05) is 97.1 Å². The smallest absolute Gasteiger partial charge is 0.266 e. The molecular formula is C32H18N2O. The van der Waals surface area contributed by atoms with Gasteiger partial charge in [0.25, 0.3) is 5.56 Å². The number of fused-ring (bicyclic) bond motifs is 1. The van der Waals surface area contributed by atoms with Crippen molar-refractivity contribution in [1.82, 2.24) is 4.98 Å². The lowest BCUT2D eigenvalue weighted by Crippen LogP contribution is -2.13. The molecule has 0 fully saturated rings. The Balaban J connectivity index is 1.57. The number of aromatic nitrogens is 1. The van der Waals surface area contributed by atoms with Crippen LogP contribution in [-0.4, -0.2) is 4.98 Å². The summed E-state index contributed by atoms with van der Waals surface area (Å²) in [5.41, 5.74) is 2.92. The summed E-state index contributed by atoms with van der Waals surface area (Å²) in [5.74, 6) is 0. The Morgan fingerprint density at radius 3 is 2.06 bits per heavy atom. The number of nitriles is 1. The molecule has 0 aliphatic heterocycles. The molecule has 7 aromatic rings. The highest BCUT2D eigenvalue weighted by atomic mass is 16.1. The van der Waals surface area contributed by atoms with Crippen molar-refractivity contribution >= 4 is 43.1 Å². The Labute approximate surface area is 200 Å². The molecule has 0 amide bonds. The minimum Gasteiger partial charge on any atom is -0.321 e. The van der Waals surface area contributed by atoms with Crippen molar-refractivity contribution in [2.24, 2.45) is 0 Å². The maximum atomic E-state index is 13.2. The lowest BCUT2D eigenvalue weighted by Gasteiger charge is -2.15. The largest absolute Gasteiger partial charge is 0.321 e. The summed E-state index contributed by atoms with van der Waals surface area (Å²) < 4.78 is 0. The molecule has 0 radical (unpaired) electrons. The molecule has 0 unspecified atom stereocenters. The summed E-state index contributed by atoms with van der Waals surface area (Å²) in [6.07, 6.45) is 0. The molecule has 7 rings (SSSR count). The van der Waals surface area contributed by atoms with Crippen molar-refractivity contribution in [2.45, 2.75) is 0 Å². The van der Waals surface area contributed by atoms with Crippen LogP contribution in [0.2, 0.25) is 0 Å². The van der Waals surface area contributed by atoms with E-state index in [0.29, 0.717) is 11.3 Å². The average molecular weight is 447 g/mol. The van der Waals surface area contributed by atoms with Gasteiger partial charge in [-0.15, -0.1) is 0 Å². The molecule has 0 aliphatic rings. The third-order valence-corrected chi connectivity index (χ3v) is 7.04. The number of hydrogen-bond donors (Lipinski definition) is 1. The Hall–Kier alpha value is -4.94.